The summed E-state index contributed by atoms with van der Waals surface area (Å²) in [6.07, 6.45) is -1.89. The SMILES string of the molecule is COc1cccc2c1S(=O)(=O)C(C)=C2C(O)C(=O)O. The van der Waals surface area contributed by atoms with Crippen molar-refractivity contribution in [3.8, 4) is 5.75 Å². The van der Waals surface area contributed by atoms with Gasteiger partial charge in [0, 0.05) is 11.1 Å². The van der Waals surface area contributed by atoms with Gasteiger partial charge in [0.05, 0.1) is 12.0 Å². The van der Waals surface area contributed by atoms with Crippen LogP contribution in [0.5, 0.6) is 5.75 Å². The maximum Gasteiger partial charge on any atom is 0.337 e. The Morgan fingerprint density at radius 3 is 2.53 bits per heavy atom. The number of carbonyl (C=O) groups is 1. The Labute approximate surface area is 109 Å². The van der Waals surface area contributed by atoms with Crippen molar-refractivity contribution in [1.29, 1.82) is 0 Å². The van der Waals surface area contributed by atoms with E-state index in [0.29, 0.717) is 0 Å². The highest BCUT2D eigenvalue weighted by molar-refractivity contribution is 7.96. The van der Waals surface area contributed by atoms with Gasteiger partial charge in [-0.1, -0.05) is 12.1 Å². The number of rotatable bonds is 3. The second-order valence-electron chi connectivity index (χ2n) is 4.05. The van der Waals surface area contributed by atoms with Gasteiger partial charge in [0.25, 0.3) is 0 Å². The average molecular weight is 284 g/mol. The number of methoxy groups -OCH3 is 1. The van der Waals surface area contributed by atoms with Crippen LogP contribution in [0.1, 0.15) is 12.5 Å². The van der Waals surface area contributed by atoms with Crippen molar-refractivity contribution in [3.63, 3.8) is 0 Å². The molecule has 0 radical (unpaired) electrons. The number of aliphatic carboxylic acids is 1. The van der Waals surface area contributed by atoms with Crippen molar-refractivity contribution in [2.75, 3.05) is 7.11 Å². The third-order valence-electron chi connectivity index (χ3n) is 3.05. The first kappa shape index (κ1) is 13.6. The van der Waals surface area contributed by atoms with Crippen LogP contribution in [-0.4, -0.2) is 37.8 Å². The van der Waals surface area contributed by atoms with Crippen LogP contribution in [0, 0.1) is 0 Å². The van der Waals surface area contributed by atoms with E-state index >= 15 is 0 Å². The van der Waals surface area contributed by atoms with E-state index in [9.17, 15) is 18.3 Å². The summed E-state index contributed by atoms with van der Waals surface area (Å²) in [6, 6.07) is 4.47. The van der Waals surface area contributed by atoms with Gasteiger partial charge in [0.2, 0.25) is 9.84 Å². The van der Waals surface area contributed by atoms with Crippen LogP contribution in [0.25, 0.3) is 5.57 Å². The smallest absolute Gasteiger partial charge is 0.337 e. The van der Waals surface area contributed by atoms with Gasteiger partial charge in [0.1, 0.15) is 10.6 Å². The van der Waals surface area contributed by atoms with Crippen LogP contribution in [0.15, 0.2) is 28.0 Å². The molecule has 0 bridgehead atoms. The minimum atomic E-state index is -3.82. The Hall–Kier alpha value is -1.86. The minimum absolute atomic E-state index is 0.0923. The Morgan fingerprint density at radius 2 is 2.00 bits per heavy atom. The molecule has 1 aliphatic rings. The fraction of sp³-hybridized carbons (Fsp3) is 0.250. The van der Waals surface area contributed by atoms with Crippen LogP contribution >= 0.6 is 0 Å². The summed E-state index contributed by atoms with van der Waals surface area (Å²) in [5.74, 6) is -1.37. The maximum atomic E-state index is 12.3. The highest BCUT2D eigenvalue weighted by Crippen LogP contribution is 2.44. The summed E-state index contributed by atoms with van der Waals surface area (Å²) in [7, 11) is -2.50. The summed E-state index contributed by atoms with van der Waals surface area (Å²) in [5, 5.41) is 18.5. The molecule has 1 atom stereocenters. The van der Waals surface area contributed by atoms with E-state index in [2.05, 4.69) is 0 Å². The van der Waals surface area contributed by atoms with Crippen LogP contribution in [0.4, 0.5) is 0 Å². The van der Waals surface area contributed by atoms with E-state index in [1.807, 2.05) is 0 Å². The molecule has 1 aliphatic heterocycles. The van der Waals surface area contributed by atoms with Crippen LogP contribution < -0.4 is 4.74 Å². The molecular formula is C12H12O6S. The second kappa shape index (κ2) is 4.36. The summed E-state index contributed by atoms with van der Waals surface area (Å²) >= 11 is 0. The first-order valence-electron chi connectivity index (χ1n) is 5.36. The normalized spacial score (nSPS) is 18.1. The zero-order valence-corrected chi connectivity index (χ0v) is 11.1. The van der Waals surface area contributed by atoms with Gasteiger partial charge in [-0.2, -0.15) is 0 Å². The number of fused-ring (bicyclic) bond motifs is 1. The molecule has 0 saturated heterocycles. The Kier molecular flexibility index (Phi) is 3.11. The molecule has 0 aromatic heterocycles. The van der Waals surface area contributed by atoms with Crippen LogP contribution in [0.2, 0.25) is 0 Å². The highest BCUT2D eigenvalue weighted by atomic mass is 32.2. The van der Waals surface area contributed by atoms with Gasteiger partial charge in [-0.05, 0) is 13.0 Å². The lowest BCUT2D eigenvalue weighted by atomic mass is 10.0. The molecule has 1 heterocycles. The lowest BCUT2D eigenvalue weighted by molar-refractivity contribution is -0.143. The fourth-order valence-corrected chi connectivity index (χ4v) is 3.82. The van der Waals surface area contributed by atoms with Crippen molar-refractivity contribution < 1.29 is 28.2 Å². The molecule has 102 valence electrons. The molecule has 2 N–H and O–H groups in total. The quantitative estimate of drug-likeness (QED) is 0.845. The Morgan fingerprint density at radius 1 is 1.37 bits per heavy atom. The molecule has 1 unspecified atom stereocenters. The van der Waals surface area contributed by atoms with Crippen molar-refractivity contribution in [3.05, 3.63) is 28.7 Å². The second-order valence-corrected chi connectivity index (χ2v) is 6.08. The summed E-state index contributed by atoms with van der Waals surface area (Å²) in [6.45, 7) is 1.27. The molecule has 0 aliphatic carbocycles. The number of ether oxygens (including phenoxy) is 1. The molecular weight excluding hydrogens is 272 g/mol. The van der Waals surface area contributed by atoms with Crippen LogP contribution in [0.3, 0.4) is 0 Å². The van der Waals surface area contributed by atoms with Crippen molar-refractivity contribution in [2.45, 2.75) is 17.9 Å². The number of aliphatic hydroxyl groups is 1. The molecule has 1 aromatic carbocycles. The molecule has 1 aromatic rings. The first-order valence-corrected chi connectivity index (χ1v) is 6.84. The van der Waals surface area contributed by atoms with Gasteiger partial charge in [-0.15, -0.1) is 0 Å². The number of allylic oxidation sites excluding steroid dienone is 1. The predicted octanol–water partition coefficient (Wildman–Crippen LogP) is 0.659. The topological polar surface area (TPSA) is 101 Å². The van der Waals surface area contributed by atoms with Gasteiger partial charge >= 0.3 is 5.97 Å². The van der Waals surface area contributed by atoms with E-state index in [-0.39, 0.29) is 26.7 Å². The standard InChI is InChI=1S/C12H12O6S/c1-6-9(10(13)12(14)15)7-4-3-5-8(18-2)11(7)19(6,16)17/h3-5,10,13H,1-2H3,(H,14,15). The molecule has 0 spiro atoms. The van der Waals surface area contributed by atoms with Gasteiger partial charge in [0.15, 0.2) is 6.10 Å². The molecule has 2 rings (SSSR count). The number of hydrogen-bond acceptors (Lipinski definition) is 5. The number of hydrogen-bond donors (Lipinski definition) is 2. The van der Waals surface area contributed by atoms with Crippen LogP contribution in [-0.2, 0) is 14.6 Å². The molecule has 6 nitrogen and oxygen atoms in total. The monoisotopic (exact) mass is 284 g/mol. The van der Waals surface area contributed by atoms with Crippen molar-refractivity contribution >= 4 is 21.4 Å². The minimum Gasteiger partial charge on any atom is -0.495 e. The number of benzene rings is 1. The van der Waals surface area contributed by atoms with E-state index in [0.717, 1.165) is 0 Å². The van der Waals surface area contributed by atoms with E-state index < -0.39 is 21.9 Å². The van der Waals surface area contributed by atoms with Gasteiger partial charge in [-0.3, -0.25) is 0 Å². The zero-order chi connectivity index (χ0) is 14.4. The maximum absolute atomic E-state index is 12.3. The number of sulfone groups is 1. The average Bonchev–Trinajstić information content (AvgIpc) is 2.57. The highest BCUT2D eigenvalue weighted by Gasteiger charge is 2.40. The third kappa shape index (κ3) is 1.82. The van der Waals surface area contributed by atoms with Gasteiger partial charge < -0.3 is 14.9 Å². The zero-order valence-electron chi connectivity index (χ0n) is 10.2. The first-order chi connectivity index (χ1) is 8.82. The summed E-state index contributed by atoms with van der Waals surface area (Å²) in [4.78, 5) is 10.6. The molecule has 7 heteroatoms. The lowest BCUT2D eigenvalue weighted by Crippen LogP contribution is -2.21. The van der Waals surface area contributed by atoms with Gasteiger partial charge in [-0.25, -0.2) is 13.2 Å². The predicted molar refractivity (Wildman–Crippen MR) is 66.4 cm³/mol. The number of aliphatic hydroxyl groups excluding tert-OH is 1. The summed E-state index contributed by atoms with van der Waals surface area (Å²) in [5.41, 5.74) is 0.0631. The molecule has 0 amide bonds. The Bertz CT molecular complexity index is 686. The van der Waals surface area contributed by atoms with E-state index in [4.69, 9.17) is 9.84 Å². The largest absolute Gasteiger partial charge is 0.495 e. The van der Waals surface area contributed by atoms with Crippen molar-refractivity contribution in [1.82, 2.24) is 0 Å². The lowest BCUT2D eigenvalue weighted by Gasteiger charge is -2.10. The molecule has 19 heavy (non-hydrogen) atoms. The molecule has 0 saturated carbocycles. The summed E-state index contributed by atoms with van der Waals surface area (Å²) < 4.78 is 29.5. The third-order valence-corrected chi connectivity index (χ3v) is 5.03. The van der Waals surface area contributed by atoms with Crippen molar-refractivity contribution in [2.24, 2.45) is 0 Å². The Balaban J connectivity index is 2.80. The van der Waals surface area contributed by atoms with E-state index in [1.165, 1.54) is 26.2 Å². The number of carboxylic acids is 1. The molecule has 0 fully saturated rings. The van der Waals surface area contributed by atoms with E-state index in [1.54, 1.807) is 6.07 Å². The number of carboxylic acid groups (broad SMARTS) is 1. The fourth-order valence-electron chi connectivity index (χ4n) is 2.12.